The Bertz CT molecular complexity index is 236. The fraction of sp³-hybridized carbons (Fsp3) is 0.571. The fourth-order valence-corrected chi connectivity index (χ4v) is 2.45. The van der Waals surface area contributed by atoms with Gasteiger partial charge in [0.05, 0.1) is 0 Å². The van der Waals surface area contributed by atoms with Crippen molar-refractivity contribution in [3.63, 3.8) is 0 Å². The van der Waals surface area contributed by atoms with E-state index in [2.05, 4.69) is 42.6 Å². The molecule has 1 atom stereocenters. The third-order valence-electron chi connectivity index (χ3n) is 2.24. The van der Waals surface area contributed by atoms with Crippen LogP contribution in [-0.4, -0.2) is 18.8 Å². The predicted molar refractivity (Wildman–Crippen MR) is 76.3 cm³/mol. The molecule has 1 N–H and O–H groups in total. The van der Waals surface area contributed by atoms with E-state index in [9.17, 15) is 0 Å². The van der Waals surface area contributed by atoms with Gasteiger partial charge in [-0.2, -0.15) is 0 Å². The summed E-state index contributed by atoms with van der Waals surface area (Å²) in [7, 11) is 2.05. The van der Waals surface area contributed by atoms with E-state index in [1.807, 2.05) is 32.7 Å². The number of nitrogens with one attached hydrogen (secondary N) is 1. The minimum Gasteiger partial charge on any atom is -0.316 e. The maximum atomic E-state index is 3.35. The smallest absolute Gasteiger partial charge is 0.0158 e. The van der Waals surface area contributed by atoms with Gasteiger partial charge in [0.15, 0.2) is 0 Å². The summed E-state index contributed by atoms with van der Waals surface area (Å²) in [6.07, 6.45) is 2.51. The van der Waals surface area contributed by atoms with Crippen LogP contribution in [0.3, 0.4) is 0 Å². The molecule has 0 saturated heterocycles. The van der Waals surface area contributed by atoms with Crippen LogP contribution in [0.25, 0.3) is 0 Å². The van der Waals surface area contributed by atoms with E-state index in [0.717, 1.165) is 5.75 Å². The van der Waals surface area contributed by atoms with Crippen molar-refractivity contribution < 1.29 is 0 Å². The third kappa shape index (κ3) is 6.91. The molecule has 0 aliphatic heterocycles. The summed E-state index contributed by atoms with van der Waals surface area (Å²) in [6.45, 7) is 6.23. The van der Waals surface area contributed by atoms with Crippen LogP contribution in [0.2, 0.25) is 0 Å². The van der Waals surface area contributed by atoms with Crippen molar-refractivity contribution in [2.24, 2.45) is 0 Å². The molecule has 2 heteroatoms. The maximum absolute atomic E-state index is 3.35. The minimum atomic E-state index is 0.644. The largest absolute Gasteiger partial charge is 0.316 e. The summed E-state index contributed by atoms with van der Waals surface area (Å²) < 4.78 is 0. The van der Waals surface area contributed by atoms with Crippen LogP contribution in [-0.2, 0) is 0 Å². The van der Waals surface area contributed by atoms with Crippen molar-refractivity contribution in [3.05, 3.63) is 30.3 Å². The molecule has 0 heterocycles. The first-order valence-electron chi connectivity index (χ1n) is 6.22. The molecule has 0 radical (unpaired) electrons. The van der Waals surface area contributed by atoms with Crippen molar-refractivity contribution in [2.75, 3.05) is 12.8 Å². The van der Waals surface area contributed by atoms with Crippen LogP contribution in [0.4, 0.5) is 0 Å². The van der Waals surface area contributed by atoms with Crippen molar-refractivity contribution in [1.82, 2.24) is 5.32 Å². The lowest BCUT2D eigenvalue weighted by Crippen LogP contribution is -2.27. The Morgan fingerprint density at radius 1 is 1.19 bits per heavy atom. The summed E-state index contributed by atoms with van der Waals surface area (Å²) >= 11 is 1.93. The number of hydrogen-bond acceptors (Lipinski definition) is 2. The van der Waals surface area contributed by atoms with Crippen LogP contribution in [0.5, 0.6) is 0 Å². The van der Waals surface area contributed by atoms with Gasteiger partial charge >= 0.3 is 0 Å². The topological polar surface area (TPSA) is 12.0 Å². The second-order valence-electron chi connectivity index (χ2n) is 3.40. The quantitative estimate of drug-likeness (QED) is 0.747. The number of benzene rings is 1. The van der Waals surface area contributed by atoms with Crippen LogP contribution < -0.4 is 5.32 Å². The molecule has 1 aromatic carbocycles. The highest BCUT2D eigenvalue weighted by molar-refractivity contribution is 7.99. The van der Waals surface area contributed by atoms with Gasteiger partial charge in [0.25, 0.3) is 0 Å². The predicted octanol–water partition coefficient (Wildman–Crippen LogP) is 4.19. The standard InChI is InChI=1S/C12H19NS.C2H6/c1-3-7-11(13-2)10-14-12-8-5-4-6-9-12;1-2/h4-6,8-9,11,13H,3,7,10H2,1-2H3;1-2H3/t11-;/m1./s1. The number of rotatable bonds is 6. The van der Waals surface area contributed by atoms with Crippen LogP contribution in [0.1, 0.15) is 33.6 Å². The molecular formula is C14H25NS. The Hall–Kier alpha value is -0.470. The van der Waals surface area contributed by atoms with E-state index in [0.29, 0.717) is 6.04 Å². The molecule has 0 amide bonds. The molecular weight excluding hydrogens is 214 g/mol. The van der Waals surface area contributed by atoms with E-state index in [1.54, 1.807) is 0 Å². The molecule has 1 nitrogen and oxygen atoms in total. The monoisotopic (exact) mass is 239 g/mol. The molecule has 0 aliphatic rings. The lowest BCUT2D eigenvalue weighted by molar-refractivity contribution is 0.565. The van der Waals surface area contributed by atoms with Gasteiger partial charge in [0, 0.05) is 16.7 Å². The molecule has 92 valence electrons. The Morgan fingerprint density at radius 3 is 2.31 bits per heavy atom. The molecule has 0 aromatic heterocycles. The van der Waals surface area contributed by atoms with Crippen molar-refractivity contribution in [1.29, 1.82) is 0 Å². The van der Waals surface area contributed by atoms with Gasteiger partial charge in [-0.15, -0.1) is 11.8 Å². The maximum Gasteiger partial charge on any atom is 0.0158 e. The van der Waals surface area contributed by atoms with E-state index in [-0.39, 0.29) is 0 Å². The van der Waals surface area contributed by atoms with Gasteiger partial charge in [-0.1, -0.05) is 45.4 Å². The first-order valence-corrected chi connectivity index (χ1v) is 7.20. The molecule has 0 unspecified atom stereocenters. The normalized spacial score (nSPS) is 11.5. The summed E-state index contributed by atoms with van der Waals surface area (Å²) in [6, 6.07) is 11.2. The van der Waals surface area contributed by atoms with Crippen molar-refractivity contribution in [3.8, 4) is 0 Å². The number of hydrogen-bond donors (Lipinski definition) is 1. The second kappa shape index (κ2) is 11.0. The second-order valence-corrected chi connectivity index (χ2v) is 4.49. The van der Waals surface area contributed by atoms with E-state index in [1.165, 1.54) is 17.7 Å². The SMILES string of the molecule is CC.CCC[C@H](CSc1ccccc1)NC. The first kappa shape index (κ1) is 15.5. The summed E-state index contributed by atoms with van der Waals surface area (Å²) in [5.41, 5.74) is 0. The summed E-state index contributed by atoms with van der Waals surface area (Å²) in [4.78, 5) is 1.36. The van der Waals surface area contributed by atoms with Crippen molar-refractivity contribution in [2.45, 2.75) is 44.6 Å². The van der Waals surface area contributed by atoms with Gasteiger partial charge in [-0.3, -0.25) is 0 Å². The fourth-order valence-electron chi connectivity index (χ4n) is 1.37. The molecule has 0 bridgehead atoms. The van der Waals surface area contributed by atoms with Gasteiger partial charge in [0.2, 0.25) is 0 Å². The van der Waals surface area contributed by atoms with E-state index < -0.39 is 0 Å². The highest BCUT2D eigenvalue weighted by Crippen LogP contribution is 2.18. The van der Waals surface area contributed by atoms with Gasteiger partial charge < -0.3 is 5.32 Å². The molecule has 1 rings (SSSR count). The highest BCUT2D eigenvalue weighted by atomic mass is 32.2. The zero-order chi connectivity index (χ0) is 12.2. The van der Waals surface area contributed by atoms with Crippen molar-refractivity contribution >= 4 is 11.8 Å². The van der Waals surface area contributed by atoms with Gasteiger partial charge in [0.1, 0.15) is 0 Å². The van der Waals surface area contributed by atoms with Crippen LogP contribution in [0, 0.1) is 0 Å². The van der Waals surface area contributed by atoms with E-state index >= 15 is 0 Å². The number of thioether (sulfide) groups is 1. The molecule has 0 saturated carbocycles. The van der Waals surface area contributed by atoms with Gasteiger partial charge in [-0.25, -0.2) is 0 Å². The van der Waals surface area contributed by atoms with E-state index in [4.69, 9.17) is 0 Å². The first-order chi connectivity index (χ1) is 7.86. The molecule has 16 heavy (non-hydrogen) atoms. The summed E-state index contributed by atoms with van der Waals surface area (Å²) in [5.74, 6) is 1.16. The molecule has 1 aromatic rings. The zero-order valence-electron chi connectivity index (χ0n) is 11.0. The Balaban J connectivity index is 0.00000106. The van der Waals surface area contributed by atoms with Crippen LogP contribution >= 0.6 is 11.8 Å². The van der Waals surface area contributed by atoms with Gasteiger partial charge in [-0.05, 0) is 25.6 Å². The lowest BCUT2D eigenvalue weighted by Gasteiger charge is -2.14. The Labute approximate surface area is 105 Å². The highest BCUT2D eigenvalue weighted by Gasteiger charge is 2.04. The average Bonchev–Trinajstić information content (AvgIpc) is 2.38. The zero-order valence-corrected chi connectivity index (χ0v) is 11.8. The Kier molecular flexibility index (Phi) is 10.7. The third-order valence-corrected chi connectivity index (χ3v) is 3.41. The van der Waals surface area contributed by atoms with Crippen LogP contribution in [0.15, 0.2) is 35.2 Å². The molecule has 0 fully saturated rings. The minimum absolute atomic E-state index is 0.644. The summed E-state index contributed by atoms with van der Waals surface area (Å²) in [5, 5.41) is 3.35. The Morgan fingerprint density at radius 2 is 1.81 bits per heavy atom. The average molecular weight is 239 g/mol. The lowest BCUT2D eigenvalue weighted by atomic mass is 10.2. The molecule has 0 spiro atoms. The molecule has 0 aliphatic carbocycles.